The molecule has 1 N–H and O–H groups in total. The molecule has 238 valence electrons. The Kier molecular flexibility index (Phi) is 5.90. The molecule has 1 fully saturated rings. The number of fused-ring (bicyclic) bond motifs is 4. The molecule has 0 amide bonds. The summed E-state index contributed by atoms with van der Waals surface area (Å²) in [5.41, 5.74) is 15.6. The highest BCUT2D eigenvalue weighted by molar-refractivity contribution is 5.90. The van der Waals surface area contributed by atoms with Gasteiger partial charge >= 0.3 is 0 Å². The summed E-state index contributed by atoms with van der Waals surface area (Å²) in [4.78, 5) is 2.63. The molecule has 5 aliphatic rings. The van der Waals surface area contributed by atoms with Gasteiger partial charge in [0.15, 0.2) is 0 Å². The monoisotopic (exact) mass is 632 g/mol. The third-order valence-electron chi connectivity index (χ3n) is 12.2. The average Bonchev–Trinajstić information content (AvgIpc) is 3.69. The molecule has 0 aromatic heterocycles. The second-order valence-corrected chi connectivity index (χ2v) is 15.2. The van der Waals surface area contributed by atoms with Crippen molar-refractivity contribution in [2.75, 3.05) is 10.2 Å². The van der Waals surface area contributed by atoms with Crippen molar-refractivity contribution in [1.82, 2.24) is 0 Å². The minimum Gasteiger partial charge on any atom is -0.355 e. The van der Waals surface area contributed by atoms with E-state index in [4.69, 9.17) is 0 Å². The molecule has 5 aromatic carbocycles. The maximum absolute atomic E-state index is 3.82. The van der Waals surface area contributed by atoms with Crippen molar-refractivity contribution in [3.63, 3.8) is 0 Å². The molecule has 1 saturated carbocycles. The Labute approximate surface area is 289 Å². The number of hydrogen-bond acceptors (Lipinski definition) is 2. The molecule has 1 heterocycles. The van der Waals surface area contributed by atoms with Crippen LogP contribution in [0.4, 0.5) is 22.7 Å². The van der Waals surface area contributed by atoms with Crippen LogP contribution < -0.4 is 10.2 Å². The van der Waals surface area contributed by atoms with Gasteiger partial charge in [-0.3, -0.25) is 0 Å². The van der Waals surface area contributed by atoms with E-state index >= 15 is 0 Å². The van der Waals surface area contributed by atoms with Gasteiger partial charge in [-0.15, -0.1) is 0 Å². The van der Waals surface area contributed by atoms with Crippen LogP contribution in [0.25, 0.3) is 22.3 Å². The highest BCUT2D eigenvalue weighted by Gasteiger charge is 2.74. The molecule has 5 aromatic rings. The number of benzene rings is 5. The van der Waals surface area contributed by atoms with Gasteiger partial charge in [0.05, 0.1) is 5.54 Å². The number of rotatable bonds is 5. The zero-order valence-electron chi connectivity index (χ0n) is 28.3. The van der Waals surface area contributed by atoms with Crippen LogP contribution in [0.3, 0.4) is 0 Å². The van der Waals surface area contributed by atoms with Gasteiger partial charge in [0.1, 0.15) is 0 Å². The Morgan fingerprint density at radius 1 is 0.653 bits per heavy atom. The third kappa shape index (κ3) is 3.95. The van der Waals surface area contributed by atoms with Gasteiger partial charge in [0, 0.05) is 39.5 Å². The van der Waals surface area contributed by atoms with E-state index in [1.54, 1.807) is 0 Å². The number of nitrogens with one attached hydrogen (secondary N) is 1. The van der Waals surface area contributed by atoms with Crippen molar-refractivity contribution in [1.29, 1.82) is 0 Å². The standard InChI is InChI=1S/C47H40N2/c1-31-13-7-8-16-36(31)39-23-21-35(29-43(39)48-34-14-5-4-6-15-34)49-44-24-20-33(28-42(44)46-25-11-12-26-47(46,49)30-46)32-19-22-38-37-17-9-10-18-40(37)45(2,3)41(38)27-32/h4-29,31,36,48H,30H2,1-3H3. The number of para-hydroxylation sites is 1. The summed E-state index contributed by atoms with van der Waals surface area (Å²) in [6, 6.07) is 41.0. The fourth-order valence-electron chi connectivity index (χ4n) is 9.60. The highest BCUT2D eigenvalue weighted by Crippen LogP contribution is 2.73. The van der Waals surface area contributed by atoms with Crippen LogP contribution in [-0.2, 0) is 10.8 Å². The first-order chi connectivity index (χ1) is 23.9. The van der Waals surface area contributed by atoms with Crippen LogP contribution in [0.15, 0.2) is 158 Å². The van der Waals surface area contributed by atoms with E-state index < -0.39 is 0 Å². The third-order valence-corrected chi connectivity index (χ3v) is 12.2. The molecular weight excluding hydrogens is 593 g/mol. The Morgan fingerprint density at radius 3 is 2.24 bits per heavy atom. The van der Waals surface area contributed by atoms with Gasteiger partial charge < -0.3 is 10.2 Å². The van der Waals surface area contributed by atoms with Crippen LogP contribution in [-0.4, -0.2) is 5.54 Å². The lowest BCUT2D eigenvalue weighted by Gasteiger charge is -2.32. The second kappa shape index (κ2) is 10.1. The van der Waals surface area contributed by atoms with E-state index in [0.29, 0.717) is 11.8 Å². The quantitative estimate of drug-likeness (QED) is 0.207. The van der Waals surface area contributed by atoms with E-state index in [1.165, 1.54) is 61.6 Å². The van der Waals surface area contributed by atoms with Gasteiger partial charge in [0.25, 0.3) is 0 Å². The van der Waals surface area contributed by atoms with Gasteiger partial charge in [0.2, 0.25) is 0 Å². The minimum atomic E-state index is -0.0867. The number of allylic oxidation sites excluding steroid dienone is 6. The van der Waals surface area contributed by atoms with Crippen molar-refractivity contribution in [3.05, 3.63) is 180 Å². The summed E-state index contributed by atoms with van der Waals surface area (Å²) in [5.74, 6) is 0.748. The van der Waals surface area contributed by atoms with Crippen molar-refractivity contribution in [2.24, 2.45) is 5.92 Å². The van der Waals surface area contributed by atoms with Crippen molar-refractivity contribution in [2.45, 2.75) is 49.5 Å². The lowest BCUT2D eigenvalue weighted by atomic mass is 9.81. The maximum Gasteiger partial charge on any atom is 0.0782 e. The molecule has 0 radical (unpaired) electrons. The van der Waals surface area contributed by atoms with Gasteiger partial charge in [-0.1, -0.05) is 136 Å². The SMILES string of the molecule is CC1C=CC=CC1c1ccc(N2c3ccc(-c4ccc5c(c4)C(C)(C)c4ccccc4-5)cc3C34C=CC=CC23C4)cc1Nc1ccccc1. The van der Waals surface area contributed by atoms with Crippen LogP contribution in [0, 0.1) is 5.92 Å². The predicted octanol–water partition coefficient (Wildman–Crippen LogP) is 11.9. The van der Waals surface area contributed by atoms with Gasteiger partial charge in [-0.25, -0.2) is 0 Å². The smallest absolute Gasteiger partial charge is 0.0782 e. The normalized spacial score (nSPS) is 25.7. The van der Waals surface area contributed by atoms with E-state index in [-0.39, 0.29) is 16.4 Å². The molecule has 0 spiro atoms. The largest absolute Gasteiger partial charge is 0.355 e. The lowest BCUT2D eigenvalue weighted by molar-refractivity contribution is 0.636. The first-order valence-corrected chi connectivity index (χ1v) is 17.8. The molecule has 2 nitrogen and oxygen atoms in total. The molecule has 0 saturated heterocycles. The summed E-state index contributed by atoms with van der Waals surface area (Å²) in [7, 11) is 0. The summed E-state index contributed by atoms with van der Waals surface area (Å²) in [6.07, 6.45) is 19.6. The Hall–Kier alpha value is -5.34. The number of nitrogens with zero attached hydrogens (tertiary/aromatic N) is 1. The molecule has 10 rings (SSSR count). The zero-order chi connectivity index (χ0) is 33.0. The highest BCUT2D eigenvalue weighted by atomic mass is 15.3. The Balaban J connectivity index is 1.08. The lowest BCUT2D eigenvalue weighted by Crippen LogP contribution is -2.33. The molecule has 1 aliphatic heterocycles. The van der Waals surface area contributed by atoms with E-state index in [2.05, 4.69) is 189 Å². The average molecular weight is 633 g/mol. The van der Waals surface area contributed by atoms with Crippen LogP contribution in [0.2, 0.25) is 0 Å². The fourth-order valence-corrected chi connectivity index (χ4v) is 9.60. The van der Waals surface area contributed by atoms with Crippen molar-refractivity contribution < 1.29 is 0 Å². The van der Waals surface area contributed by atoms with E-state index in [1.807, 2.05) is 0 Å². The second-order valence-electron chi connectivity index (χ2n) is 15.2. The first-order valence-electron chi connectivity index (χ1n) is 17.8. The van der Waals surface area contributed by atoms with Crippen LogP contribution in [0.1, 0.15) is 55.4 Å². The van der Waals surface area contributed by atoms with E-state index in [9.17, 15) is 0 Å². The number of hydrogen-bond donors (Lipinski definition) is 1. The summed E-state index contributed by atoms with van der Waals surface area (Å²) in [6.45, 7) is 7.05. The maximum atomic E-state index is 3.82. The molecular formula is C47H40N2. The predicted molar refractivity (Wildman–Crippen MR) is 205 cm³/mol. The molecule has 49 heavy (non-hydrogen) atoms. The zero-order valence-corrected chi connectivity index (χ0v) is 28.3. The van der Waals surface area contributed by atoms with Crippen molar-refractivity contribution >= 4 is 22.7 Å². The molecule has 4 atom stereocenters. The molecule has 4 aliphatic carbocycles. The summed E-state index contributed by atoms with van der Waals surface area (Å²) < 4.78 is 0. The van der Waals surface area contributed by atoms with Gasteiger partial charge in [-0.05, 0) is 99.3 Å². The molecule has 0 bridgehead atoms. The fraction of sp³-hybridized carbons (Fsp3) is 0.191. The van der Waals surface area contributed by atoms with Crippen molar-refractivity contribution in [3.8, 4) is 22.3 Å². The van der Waals surface area contributed by atoms with Crippen LogP contribution in [0.5, 0.6) is 0 Å². The minimum absolute atomic E-state index is 0.0174. The molecule has 2 heteroatoms. The topological polar surface area (TPSA) is 15.3 Å². The number of anilines is 4. The Bertz CT molecular complexity index is 2300. The molecule has 4 unspecified atom stereocenters. The first kappa shape index (κ1) is 28.7. The summed E-state index contributed by atoms with van der Waals surface area (Å²) >= 11 is 0. The van der Waals surface area contributed by atoms with Gasteiger partial charge in [-0.2, -0.15) is 0 Å². The Morgan fingerprint density at radius 2 is 1.39 bits per heavy atom. The van der Waals surface area contributed by atoms with E-state index in [0.717, 1.165) is 12.1 Å². The van der Waals surface area contributed by atoms with Crippen LogP contribution >= 0.6 is 0 Å². The summed E-state index contributed by atoms with van der Waals surface area (Å²) in [5, 5.41) is 3.82.